The molecule has 6 heteroatoms. The maximum Gasteiger partial charge on any atom is 0.135 e. The van der Waals surface area contributed by atoms with Gasteiger partial charge in [0.05, 0.1) is 5.52 Å². The summed E-state index contributed by atoms with van der Waals surface area (Å²) in [7, 11) is 0. The van der Waals surface area contributed by atoms with Crippen LogP contribution >= 0.6 is 0 Å². The smallest absolute Gasteiger partial charge is 0.135 e. The van der Waals surface area contributed by atoms with Crippen molar-refractivity contribution in [1.82, 2.24) is 14.5 Å². The largest absolute Gasteiger partial charge is 0.384 e. The molecule has 0 atom stereocenters. The van der Waals surface area contributed by atoms with Crippen molar-refractivity contribution in [3.63, 3.8) is 0 Å². The van der Waals surface area contributed by atoms with Crippen molar-refractivity contribution < 1.29 is 4.39 Å². The molecule has 24 heavy (non-hydrogen) atoms. The monoisotopic (exact) mass is 319 g/mol. The second-order valence-corrected chi connectivity index (χ2v) is 5.35. The van der Waals surface area contributed by atoms with E-state index in [1.807, 2.05) is 35.0 Å². The Morgan fingerprint density at radius 1 is 1.00 bits per heavy atom. The summed E-state index contributed by atoms with van der Waals surface area (Å²) in [5.41, 5.74) is 8.51. The highest BCUT2D eigenvalue weighted by atomic mass is 19.1. The van der Waals surface area contributed by atoms with Crippen LogP contribution in [-0.4, -0.2) is 14.5 Å². The Morgan fingerprint density at radius 3 is 2.62 bits per heavy atom. The first-order valence-corrected chi connectivity index (χ1v) is 7.41. The second-order valence-electron chi connectivity index (χ2n) is 5.35. The van der Waals surface area contributed by atoms with Gasteiger partial charge in [-0.1, -0.05) is 6.07 Å². The molecule has 0 spiro atoms. The summed E-state index contributed by atoms with van der Waals surface area (Å²) >= 11 is 0. The predicted molar refractivity (Wildman–Crippen MR) is 93.0 cm³/mol. The molecule has 118 valence electrons. The van der Waals surface area contributed by atoms with Gasteiger partial charge in [-0.25, -0.2) is 14.4 Å². The number of hydrogen-bond donors (Lipinski definition) is 2. The number of nitrogens with one attached hydrogen (secondary N) is 1. The normalized spacial score (nSPS) is 10.9. The zero-order valence-electron chi connectivity index (χ0n) is 12.6. The third-order valence-corrected chi connectivity index (χ3v) is 3.79. The average molecular weight is 319 g/mol. The van der Waals surface area contributed by atoms with E-state index in [0.717, 1.165) is 22.3 Å². The van der Waals surface area contributed by atoms with E-state index in [2.05, 4.69) is 15.3 Å². The van der Waals surface area contributed by atoms with Crippen LogP contribution in [0.4, 0.5) is 21.7 Å². The summed E-state index contributed by atoms with van der Waals surface area (Å²) in [6, 6.07) is 16.0. The lowest BCUT2D eigenvalue weighted by molar-refractivity contribution is 0.627. The SMILES string of the molecule is Nc1cc(Nc2cccc3c2ccn3-c2ccc(F)cc2)ncn1. The molecular formula is C18H14FN5. The summed E-state index contributed by atoms with van der Waals surface area (Å²) in [6.45, 7) is 0. The number of halogens is 1. The Morgan fingerprint density at radius 2 is 1.83 bits per heavy atom. The lowest BCUT2D eigenvalue weighted by atomic mass is 10.2. The van der Waals surface area contributed by atoms with Crippen molar-refractivity contribution in [2.75, 3.05) is 11.1 Å². The van der Waals surface area contributed by atoms with E-state index < -0.39 is 0 Å². The highest BCUT2D eigenvalue weighted by Crippen LogP contribution is 2.29. The molecule has 3 N–H and O–H groups in total. The fraction of sp³-hybridized carbons (Fsp3) is 0. The maximum atomic E-state index is 13.1. The minimum atomic E-state index is -0.251. The summed E-state index contributed by atoms with van der Waals surface area (Å²) in [5, 5.41) is 4.28. The Kier molecular flexibility index (Phi) is 3.35. The molecule has 2 heterocycles. The Balaban J connectivity index is 1.77. The molecule has 0 saturated heterocycles. The topological polar surface area (TPSA) is 68.8 Å². The van der Waals surface area contributed by atoms with E-state index >= 15 is 0 Å². The van der Waals surface area contributed by atoms with Gasteiger partial charge < -0.3 is 15.6 Å². The Hall–Kier alpha value is -3.41. The van der Waals surface area contributed by atoms with Crippen LogP contribution in [0.5, 0.6) is 0 Å². The first kappa shape index (κ1) is 14.2. The lowest BCUT2D eigenvalue weighted by Crippen LogP contribution is -1.98. The fourth-order valence-electron chi connectivity index (χ4n) is 2.68. The number of aromatic nitrogens is 3. The molecule has 5 nitrogen and oxygen atoms in total. The molecule has 2 aromatic carbocycles. The van der Waals surface area contributed by atoms with Crippen molar-refractivity contribution in [1.29, 1.82) is 0 Å². The number of rotatable bonds is 3. The van der Waals surface area contributed by atoms with Crippen molar-refractivity contribution in [3.05, 3.63) is 72.9 Å². The zero-order valence-corrected chi connectivity index (χ0v) is 12.6. The van der Waals surface area contributed by atoms with Gasteiger partial charge in [0.1, 0.15) is 23.8 Å². The summed E-state index contributed by atoms with van der Waals surface area (Å²) in [6.07, 6.45) is 3.37. The highest BCUT2D eigenvalue weighted by molar-refractivity contribution is 5.94. The quantitative estimate of drug-likeness (QED) is 0.601. The van der Waals surface area contributed by atoms with Crippen LogP contribution in [0.2, 0.25) is 0 Å². The molecule has 0 saturated carbocycles. The maximum absolute atomic E-state index is 13.1. The van der Waals surface area contributed by atoms with Crippen molar-refractivity contribution in [2.45, 2.75) is 0 Å². The summed E-state index contributed by atoms with van der Waals surface area (Å²) in [4.78, 5) is 8.05. The van der Waals surface area contributed by atoms with Crippen LogP contribution in [0.25, 0.3) is 16.6 Å². The number of fused-ring (bicyclic) bond motifs is 1. The molecule has 0 unspecified atom stereocenters. The van der Waals surface area contributed by atoms with Crippen LogP contribution < -0.4 is 11.1 Å². The van der Waals surface area contributed by atoms with Gasteiger partial charge in [0.25, 0.3) is 0 Å². The van der Waals surface area contributed by atoms with E-state index in [-0.39, 0.29) is 5.82 Å². The van der Waals surface area contributed by atoms with Crippen molar-refractivity contribution in [2.24, 2.45) is 0 Å². The van der Waals surface area contributed by atoms with Gasteiger partial charge in [-0.15, -0.1) is 0 Å². The van der Waals surface area contributed by atoms with Gasteiger partial charge in [-0.2, -0.15) is 0 Å². The van der Waals surface area contributed by atoms with Crippen LogP contribution in [-0.2, 0) is 0 Å². The number of nitrogens with zero attached hydrogens (tertiary/aromatic N) is 3. The number of nitrogens with two attached hydrogens (primary N) is 1. The molecule has 4 aromatic rings. The van der Waals surface area contributed by atoms with E-state index in [0.29, 0.717) is 11.6 Å². The molecule has 0 fully saturated rings. The molecule has 0 aliphatic rings. The van der Waals surface area contributed by atoms with Gasteiger partial charge in [0.15, 0.2) is 0 Å². The van der Waals surface area contributed by atoms with Crippen LogP contribution in [0.1, 0.15) is 0 Å². The van der Waals surface area contributed by atoms with E-state index in [1.165, 1.54) is 18.5 Å². The number of anilines is 3. The van der Waals surface area contributed by atoms with Gasteiger partial charge in [-0.05, 0) is 42.5 Å². The average Bonchev–Trinajstić information content (AvgIpc) is 3.01. The molecule has 0 aliphatic heterocycles. The molecule has 4 rings (SSSR count). The summed E-state index contributed by atoms with van der Waals surface area (Å²) in [5.74, 6) is 0.784. The Labute approximate surface area is 137 Å². The minimum absolute atomic E-state index is 0.251. The van der Waals surface area contributed by atoms with Crippen LogP contribution in [0.15, 0.2) is 67.1 Å². The van der Waals surface area contributed by atoms with Gasteiger partial charge >= 0.3 is 0 Å². The highest BCUT2D eigenvalue weighted by Gasteiger charge is 2.08. The third-order valence-electron chi connectivity index (χ3n) is 3.79. The van der Waals surface area contributed by atoms with Crippen LogP contribution in [0.3, 0.4) is 0 Å². The van der Waals surface area contributed by atoms with E-state index in [4.69, 9.17) is 5.73 Å². The number of hydrogen-bond acceptors (Lipinski definition) is 4. The lowest BCUT2D eigenvalue weighted by Gasteiger charge is -2.09. The van der Waals surface area contributed by atoms with Gasteiger partial charge in [-0.3, -0.25) is 0 Å². The van der Waals surface area contributed by atoms with Crippen molar-refractivity contribution >= 4 is 28.2 Å². The number of benzene rings is 2. The molecule has 0 amide bonds. The Bertz CT molecular complexity index is 1010. The van der Waals surface area contributed by atoms with E-state index in [9.17, 15) is 4.39 Å². The standard InChI is InChI=1S/C18H14FN5/c19-12-4-6-13(7-5-12)24-9-8-14-15(2-1-3-16(14)24)23-18-10-17(20)21-11-22-18/h1-11H,(H3,20,21,22,23). The second kappa shape index (κ2) is 5.66. The van der Waals surface area contributed by atoms with Gasteiger partial charge in [0, 0.05) is 29.0 Å². The first-order chi connectivity index (χ1) is 11.7. The minimum Gasteiger partial charge on any atom is -0.384 e. The first-order valence-electron chi connectivity index (χ1n) is 7.41. The van der Waals surface area contributed by atoms with Crippen molar-refractivity contribution in [3.8, 4) is 5.69 Å². The fourth-order valence-corrected chi connectivity index (χ4v) is 2.68. The molecule has 0 aliphatic carbocycles. The van der Waals surface area contributed by atoms with Gasteiger partial charge in [0.2, 0.25) is 0 Å². The summed E-state index contributed by atoms with van der Waals surface area (Å²) < 4.78 is 15.1. The predicted octanol–water partition coefficient (Wildman–Crippen LogP) is 3.89. The van der Waals surface area contributed by atoms with Crippen LogP contribution in [0, 0.1) is 5.82 Å². The van der Waals surface area contributed by atoms with E-state index in [1.54, 1.807) is 18.2 Å². The third kappa shape index (κ3) is 2.54. The molecule has 0 bridgehead atoms. The molecule has 0 radical (unpaired) electrons. The molecular weight excluding hydrogens is 305 g/mol. The molecule has 2 aromatic heterocycles. The zero-order chi connectivity index (χ0) is 16.5. The number of nitrogen functional groups attached to an aromatic ring is 1.